The predicted octanol–water partition coefficient (Wildman–Crippen LogP) is 4.35. The fourth-order valence-electron chi connectivity index (χ4n) is 4.28. The minimum Gasteiger partial charge on any atom is -0.507 e. The Bertz CT molecular complexity index is 1370. The third-order valence-electron chi connectivity index (χ3n) is 5.79. The van der Waals surface area contributed by atoms with Crippen LogP contribution >= 0.6 is 11.6 Å². The number of phenolic OH excluding ortho intramolecular Hbond substituents is 2. The topological polar surface area (TPSA) is 110 Å². The molecular weight excluding hydrogens is 436 g/mol. The van der Waals surface area contributed by atoms with Crippen LogP contribution in [-0.2, 0) is 11.2 Å². The van der Waals surface area contributed by atoms with Gasteiger partial charge in [0, 0.05) is 22.1 Å². The Morgan fingerprint density at radius 2 is 1.69 bits per heavy atom. The van der Waals surface area contributed by atoms with Crippen LogP contribution in [0.4, 0.5) is 0 Å². The zero-order valence-electron chi connectivity index (χ0n) is 17.8. The number of phenols is 2. The van der Waals surface area contributed by atoms with Gasteiger partial charge in [-0.05, 0) is 42.5 Å². The molecule has 8 heteroatoms. The van der Waals surface area contributed by atoms with Crippen LogP contribution < -0.4 is 4.74 Å². The Morgan fingerprint density at radius 1 is 1.00 bits per heavy atom. The molecule has 1 aliphatic carbocycles. The van der Waals surface area contributed by atoms with E-state index in [9.17, 15) is 24.6 Å². The SMILES string of the molecule is CCc1c(C(=O)OC)cc2c(c1O)C(=O)c1c(OC)cc3cc(C)c(Cl)c(O)c3c1C2=O. The van der Waals surface area contributed by atoms with Crippen LogP contribution in [0.1, 0.15) is 60.3 Å². The van der Waals surface area contributed by atoms with Crippen molar-refractivity contribution in [3.63, 3.8) is 0 Å². The lowest BCUT2D eigenvalue weighted by atomic mass is 9.78. The maximum absolute atomic E-state index is 13.7. The lowest BCUT2D eigenvalue weighted by molar-refractivity contribution is 0.0598. The van der Waals surface area contributed by atoms with E-state index in [0.717, 1.165) is 0 Å². The molecule has 0 radical (unpaired) electrons. The molecule has 0 bridgehead atoms. The normalized spacial score (nSPS) is 12.5. The van der Waals surface area contributed by atoms with E-state index in [2.05, 4.69) is 0 Å². The molecule has 0 atom stereocenters. The van der Waals surface area contributed by atoms with E-state index < -0.39 is 23.3 Å². The van der Waals surface area contributed by atoms with Crippen LogP contribution in [0.5, 0.6) is 17.2 Å². The van der Waals surface area contributed by atoms with Gasteiger partial charge in [0.25, 0.3) is 0 Å². The Hall–Kier alpha value is -3.58. The van der Waals surface area contributed by atoms with E-state index in [0.29, 0.717) is 10.9 Å². The van der Waals surface area contributed by atoms with Gasteiger partial charge in [0.2, 0.25) is 5.78 Å². The number of esters is 1. The van der Waals surface area contributed by atoms with E-state index >= 15 is 0 Å². The summed E-state index contributed by atoms with van der Waals surface area (Å²) in [7, 11) is 2.54. The van der Waals surface area contributed by atoms with Crippen LogP contribution in [-0.4, -0.2) is 42.0 Å². The van der Waals surface area contributed by atoms with Gasteiger partial charge in [0.15, 0.2) is 5.78 Å². The number of aromatic hydroxyl groups is 2. The van der Waals surface area contributed by atoms with Gasteiger partial charge in [0.1, 0.15) is 17.2 Å². The summed E-state index contributed by atoms with van der Waals surface area (Å²) in [4.78, 5) is 39.5. The Balaban J connectivity index is 2.18. The zero-order chi connectivity index (χ0) is 23.5. The molecule has 0 aromatic heterocycles. The third-order valence-corrected chi connectivity index (χ3v) is 6.27. The maximum Gasteiger partial charge on any atom is 0.338 e. The molecule has 164 valence electrons. The molecule has 3 aromatic rings. The number of ketones is 2. The molecular formula is C24H19ClO7. The summed E-state index contributed by atoms with van der Waals surface area (Å²) in [6.07, 6.45) is 0.225. The first-order valence-electron chi connectivity index (χ1n) is 9.77. The van der Waals surface area contributed by atoms with Gasteiger partial charge in [-0.25, -0.2) is 4.79 Å². The van der Waals surface area contributed by atoms with Crippen molar-refractivity contribution < 1.29 is 34.1 Å². The monoisotopic (exact) mass is 454 g/mol. The van der Waals surface area contributed by atoms with Crippen LogP contribution in [0.15, 0.2) is 18.2 Å². The number of rotatable bonds is 3. The van der Waals surface area contributed by atoms with Gasteiger partial charge in [-0.1, -0.05) is 18.5 Å². The number of benzene rings is 3. The minimum atomic E-state index is -0.747. The molecule has 0 fully saturated rings. The number of methoxy groups -OCH3 is 2. The molecule has 0 saturated carbocycles. The lowest BCUT2D eigenvalue weighted by Gasteiger charge is -2.24. The molecule has 0 heterocycles. The van der Waals surface area contributed by atoms with Crippen LogP contribution in [0.25, 0.3) is 10.8 Å². The smallest absolute Gasteiger partial charge is 0.338 e. The molecule has 4 rings (SSSR count). The fourth-order valence-corrected chi connectivity index (χ4v) is 4.43. The molecule has 2 N–H and O–H groups in total. The number of halogens is 1. The average molecular weight is 455 g/mol. The standard InChI is InChI=1S/C24H19ClO7/c1-5-11-12(24(30)32-4)8-13-16(20(11)26)22(28)17-14(31-3)7-10-6-9(2)19(25)23(29)15(10)18(17)21(13)27/h6-8,26,29H,5H2,1-4H3. The molecule has 0 saturated heterocycles. The maximum atomic E-state index is 13.7. The Morgan fingerprint density at radius 3 is 2.28 bits per heavy atom. The van der Waals surface area contributed by atoms with Crippen molar-refractivity contribution in [2.75, 3.05) is 14.2 Å². The van der Waals surface area contributed by atoms with Gasteiger partial charge < -0.3 is 19.7 Å². The van der Waals surface area contributed by atoms with Crippen molar-refractivity contribution >= 4 is 39.9 Å². The second-order valence-corrected chi connectivity index (χ2v) is 7.84. The molecule has 3 aromatic carbocycles. The van der Waals surface area contributed by atoms with Gasteiger partial charge >= 0.3 is 5.97 Å². The van der Waals surface area contributed by atoms with E-state index in [1.54, 1.807) is 19.9 Å². The van der Waals surface area contributed by atoms with E-state index in [1.165, 1.54) is 26.4 Å². The lowest BCUT2D eigenvalue weighted by Crippen LogP contribution is -2.24. The number of carbonyl (C=O) groups excluding carboxylic acids is 3. The summed E-state index contributed by atoms with van der Waals surface area (Å²) < 4.78 is 10.2. The first-order chi connectivity index (χ1) is 15.2. The van der Waals surface area contributed by atoms with Gasteiger partial charge in [-0.2, -0.15) is 0 Å². The summed E-state index contributed by atoms with van der Waals surface area (Å²) in [6, 6.07) is 4.46. The molecule has 1 aliphatic rings. The van der Waals surface area contributed by atoms with Crippen molar-refractivity contribution in [3.05, 3.63) is 62.2 Å². The number of fused-ring (bicyclic) bond motifs is 4. The Labute approximate surface area is 188 Å². The zero-order valence-corrected chi connectivity index (χ0v) is 18.5. The molecule has 0 unspecified atom stereocenters. The molecule has 0 amide bonds. The number of ether oxygens (including phenoxy) is 2. The van der Waals surface area contributed by atoms with Crippen molar-refractivity contribution in [2.45, 2.75) is 20.3 Å². The Kier molecular flexibility index (Phi) is 5.09. The van der Waals surface area contributed by atoms with Crippen molar-refractivity contribution in [1.82, 2.24) is 0 Å². The number of carbonyl (C=O) groups is 3. The van der Waals surface area contributed by atoms with Crippen LogP contribution in [0.2, 0.25) is 5.02 Å². The molecule has 0 aliphatic heterocycles. The van der Waals surface area contributed by atoms with Crippen molar-refractivity contribution in [2.24, 2.45) is 0 Å². The fraction of sp³-hybridized carbons (Fsp3) is 0.208. The predicted molar refractivity (Wildman–Crippen MR) is 118 cm³/mol. The first-order valence-corrected chi connectivity index (χ1v) is 10.1. The second kappa shape index (κ2) is 7.53. The third kappa shape index (κ3) is 2.78. The second-order valence-electron chi connectivity index (χ2n) is 7.46. The molecule has 32 heavy (non-hydrogen) atoms. The highest BCUT2D eigenvalue weighted by molar-refractivity contribution is 6.38. The highest BCUT2D eigenvalue weighted by Crippen LogP contribution is 2.46. The van der Waals surface area contributed by atoms with E-state index in [-0.39, 0.29) is 61.7 Å². The summed E-state index contributed by atoms with van der Waals surface area (Å²) in [5.41, 5.74) is 0.187. The van der Waals surface area contributed by atoms with Gasteiger partial charge in [-0.15, -0.1) is 0 Å². The van der Waals surface area contributed by atoms with Gasteiger partial charge in [0.05, 0.1) is 35.9 Å². The summed E-state index contributed by atoms with van der Waals surface area (Å²) in [6.45, 7) is 3.40. The minimum absolute atomic E-state index is 0.0128. The van der Waals surface area contributed by atoms with E-state index in [4.69, 9.17) is 21.1 Å². The highest BCUT2D eigenvalue weighted by Gasteiger charge is 2.39. The first kappa shape index (κ1) is 21.6. The van der Waals surface area contributed by atoms with Crippen molar-refractivity contribution in [1.29, 1.82) is 0 Å². The number of hydrogen-bond donors (Lipinski definition) is 2. The number of aryl methyl sites for hydroxylation is 1. The van der Waals surface area contributed by atoms with Crippen LogP contribution in [0, 0.1) is 6.92 Å². The molecule has 0 spiro atoms. The summed E-state index contributed by atoms with van der Waals surface area (Å²) in [5, 5.41) is 22.3. The van der Waals surface area contributed by atoms with E-state index in [1.807, 2.05) is 0 Å². The van der Waals surface area contributed by atoms with Crippen LogP contribution in [0.3, 0.4) is 0 Å². The number of hydrogen-bond acceptors (Lipinski definition) is 7. The van der Waals surface area contributed by atoms with Gasteiger partial charge in [-0.3, -0.25) is 9.59 Å². The summed E-state index contributed by atoms with van der Waals surface area (Å²) >= 11 is 6.23. The largest absolute Gasteiger partial charge is 0.507 e. The average Bonchev–Trinajstić information content (AvgIpc) is 2.78. The van der Waals surface area contributed by atoms with Crippen molar-refractivity contribution in [3.8, 4) is 17.2 Å². The highest BCUT2D eigenvalue weighted by atomic mass is 35.5. The summed E-state index contributed by atoms with van der Waals surface area (Å²) in [5.74, 6) is -2.74. The quantitative estimate of drug-likeness (QED) is 0.443. The molecule has 7 nitrogen and oxygen atoms in total.